The molecule has 0 N–H and O–H groups in total. The van der Waals surface area contributed by atoms with E-state index < -0.39 is 0 Å². The second-order valence-electron chi connectivity index (χ2n) is 7.74. The van der Waals surface area contributed by atoms with Gasteiger partial charge in [-0.15, -0.1) is 0 Å². The Morgan fingerprint density at radius 1 is 0.536 bits per heavy atom. The molecule has 0 aliphatic carbocycles. The first-order valence-electron chi connectivity index (χ1n) is 10.9. The zero-order valence-corrected chi connectivity index (χ0v) is 17.5. The molecule has 0 aliphatic rings. The van der Waals surface area contributed by atoms with Gasteiger partial charge in [-0.25, -0.2) is 0 Å². The monoisotopic (exact) mass is 371 g/mol. The van der Waals surface area contributed by atoms with E-state index in [1.807, 2.05) is 0 Å². The molecule has 0 fully saturated rings. The van der Waals surface area contributed by atoms with Gasteiger partial charge >= 0.3 is 0 Å². The summed E-state index contributed by atoms with van der Waals surface area (Å²) in [5.41, 5.74) is 7.54. The van der Waals surface area contributed by atoms with Crippen LogP contribution in [0.1, 0.15) is 63.5 Å². The van der Waals surface area contributed by atoms with E-state index in [4.69, 9.17) is 4.98 Å². The second kappa shape index (κ2) is 10.8. The number of rotatable bonds is 10. The average Bonchev–Trinajstić information content (AvgIpc) is 2.75. The van der Waals surface area contributed by atoms with Crippen LogP contribution in [0.4, 0.5) is 0 Å². The standard InChI is InChI=1S/C27H33N/c1-3-5-6-7-8-10-23-13-20-27(28-21-23)26-18-16-25(17-19-26)24-14-11-22(9-4-2)12-15-24/h11-21H,3-10H2,1-2H3. The van der Waals surface area contributed by atoms with Gasteiger partial charge in [0.15, 0.2) is 0 Å². The Balaban J connectivity index is 1.60. The van der Waals surface area contributed by atoms with Gasteiger partial charge in [0.1, 0.15) is 0 Å². The van der Waals surface area contributed by atoms with Gasteiger partial charge in [0.25, 0.3) is 0 Å². The highest BCUT2D eigenvalue weighted by atomic mass is 14.7. The maximum absolute atomic E-state index is 4.70. The van der Waals surface area contributed by atoms with Crippen LogP contribution < -0.4 is 0 Å². The molecule has 0 spiro atoms. The number of pyridine rings is 1. The third-order valence-electron chi connectivity index (χ3n) is 5.40. The number of hydrogen-bond donors (Lipinski definition) is 0. The van der Waals surface area contributed by atoms with Gasteiger partial charge in [-0.05, 0) is 47.6 Å². The SMILES string of the molecule is CCCCCCCc1ccc(-c2ccc(-c3ccc(CCC)cc3)cc2)nc1. The van der Waals surface area contributed by atoms with Crippen molar-refractivity contribution in [2.75, 3.05) is 0 Å². The summed E-state index contributed by atoms with van der Waals surface area (Å²) in [7, 11) is 0. The Labute approximate surface area is 170 Å². The van der Waals surface area contributed by atoms with Crippen molar-refractivity contribution in [1.29, 1.82) is 0 Å². The average molecular weight is 372 g/mol. The molecule has 0 unspecified atom stereocenters. The van der Waals surface area contributed by atoms with Crippen LogP contribution in [0, 0.1) is 0 Å². The maximum atomic E-state index is 4.70. The lowest BCUT2D eigenvalue weighted by molar-refractivity contribution is 0.632. The fourth-order valence-electron chi connectivity index (χ4n) is 3.66. The van der Waals surface area contributed by atoms with E-state index in [1.54, 1.807) is 0 Å². The van der Waals surface area contributed by atoms with Crippen molar-refractivity contribution in [2.45, 2.75) is 65.2 Å². The first-order valence-corrected chi connectivity index (χ1v) is 10.9. The molecule has 1 heteroatoms. The largest absolute Gasteiger partial charge is 0.256 e. The molecule has 0 atom stereocenters. The molecule has 3 aromatic rings. The van der Waals surface area contributed by atoms with Crippen molar-refractivity contribution < 1.29 is 0 Å². The molecule has 0 radical (unpaired) electrons. The van der Waals surface area contributed by atoms with Gasteiger partial charge in [0.05, 0.1) is 5.69 Å². The van der Waals surface area contributed by atoms with Crippen molar-refractivity contribution in [3.63, 3.8) is 0 Å². The lowest BCUT2D eigenvalue weighted by atomic mass is 10.00. The van der Waals surface area contributed by atoms with Crippen LogP contribution in [-0.2, 0) is 12.8 Å². The Hall–Kier alpha value is -2.41. The van der Waals surface area contributed by atoms with E-state index in [2.05, 4.69) is 80.7 Å². The van der Waals surface area contributed by atoms with Crippen molar-refractivity contribution >= 4 is 0 Å². The summed E-state index contributed by atoms with van der Waals surface area (Å²) >= 11 is 0. The topological polar surface area (TPSA) is 12.9 Å². The Bertz CT molecular complexity index is 814. The molecular formula is C27H33N. The van der Waals surface area contributed by atoms with Crippen molar-refractivity contribution in [2.24, 2.45) is 0 Å². The van der Waals surface area contributed by atoms with Gasteiger partial charge in [-0.2, -0.15) is 0 Å². The first kappa shape index (κ1) is 20.3. The second-order valence-corrected chi connectivity index (χ2v) is 7.74. The van der Waals surface area contributed by atoms with Crippen LogP contribution >= 0.6 is 0 Å². The summed E-state index contributed by atoms with van der Waals surface area (Å²) in [6, 6.07) is 22.1. The molecule has 1 heterocycles. The van der Waals surface area contributed by atoms with Crippen LogP contribution in [0.2, 0.25) is 0 Å². The normalized spacial score (nSPS) is 10.9. The molecule has 146 valence electrons. The van der Waals surface area contributed by atoms with E-state index in [9.17, 15) is 0 Å². The quantitative estimate of drug-likeness (QED) is 0.330. The summed E-state index contributed by atoms with van der Waals surface area (Å²) in [6.45, 7) is 4.49. The van der Waals surface area contributed by atoms with Gasteiger partial charge in [0, 0.05) is 11.8 Å². The van der Waals surface area contributed by atoms with Crippen LogP contribution in [0.25, 0.3) is 22.4 Å². The third kappa shape index (κ3) is 5.79. The van der Waals surface area contributed by atoms with Gasteiger partial charge in [-0.3, -0.25) is 4.98 Å². The third-order valence-corrected chi connectivity index (χ3v) is 5.40. The summed E-state index contributed by atoms with van der Waals surface area (Å²) in [5, 5.41) is 0. The smallest absolute Gasteiger partial charge is 0.0702 e. The minimum Gasteiger partial charge on any atom is -0.256 e. The van der Waals surface area contributed by atoms with E-state index in [-0.39, 0.29) is 0 Å². The molecule has 28 heavy (non-hydrogen) atoms. The Morgan fingerprint density at radius 3 is 1.75 bits per heavy atom. The number of unbranched alkanes of at least 4 members (excludes halogenated alkanes) is 4. The summed E-state index contributed by atoms with van der Waals surface area (Å²) in [4.78, 5) is 4.70. The number of nitrogens with zero attached hydrogens (tertiary/aromatic N) is 1. The molecule has 0 saturated carbocycles. The summed E-state index contributed by atoms with van der Waals surface area (Å²) < 4.78 is 0. The summed E-state index contributed by atoms with van der Waals surface area (Å²) in [6.07, 6.45) is 12.2. The number of aromatic nitrogens is 1. The Kier molecular flexibility index (Phi) is 7.84. The molecule has 0 aliphatic heterocycles. The highest BCUT2D eigenvalue weighted by molar-refractivity contribution is 5.69. The molecule has 0 saturated heterocycles. The van der Waals surface area contributed by atoms with E-state index in [0.717, 1.165) is 18.5 Å². The zero-order chi connectivity index (χ0) is 19.6. The highest BCUT2D eigenvalue weighted by Gasteiger charge is 2.03. The predicted octanol–water partition coefficient (Wildman–Crippen LogP) is 7.88. The van der Waals surface area contributed by atoms with E-state index in [1.165, 1.54) is 66.3 Å². The number of aryl methyl sites for hydroxylation is 2. The fraction of sp³-hybridized carbons (Fsp3) is 0.370. The molecule has 1 aromatic heterocycles. The minimum absolute atomic E-state index is 1.06. The Morgan fingerprint density at radius 2 is 1.14 bits per heavy atom. The number of hydrogen-bond acceptors (Lipinski definition) is 1. The predicted molar refractivity (Wildman–Crippen MR) is 122 cm³/mol. The molecule has 3 rings (SSSR count). The van der Waals surface area contributed by atoms with E-state index in [0.29, 0.717) is 0 Å². The molecule has 2 aromatic carbocycles. The molecule has 0 bridgehead atoms. The van der Waals surface area contributed by atoms with E-state index >= 15 is 0 Å². The van der Waals surface area contributed by atoms with Gasteiger partial charge in [0.2, 0.25) is 0 Å². The van der Waals surface area contributed by atoms with Crippen molar-refractivity contribution in [1.82, 2.24) is 4.98 Å². The van der Waals surface area contributed by atoms with Gasteiger partial charge in [-0.1, -0.05) is 101 Å². The lowest BCUT2D eigenvalue weighted by Gasteiger charge is -2.07. The van der Waals surface area contributed by atoms with Crippen molar-refractivity contribution in [3.05, 3.63) is 78.0 Å². The minimum atomic E-state index is 1.06. The number of benzene rings is 2. The van der Waals surface area contributed by atoms with Crippen LogP contribution in [0.3, 0.4) is 0 Å². The lowest BCUT2D eigenvalue weighted by Crippen LogP contribution is -1.90. The first-order chi connectivity index (χ1) is 13.8. The molecule has 0 amide bonds. The maximum Gasteiger partial charge on any atom is 0.0702 e. The van der Waals surface area contributed by atoms with Crippen LogP contribution in [0.15, 0.2) is 66.9 Å². The summed E-state index contributed by atoms with van der Waals surface area (Å²) in [5.74, 6) is 0. The molecule has 1 nitrogen and oxygen atoms in total. The van der Waals surface area contributed by atoms with Crippen LogP contribution in [-0.4, -0.2) is 4.98 Å². The molecular weight excluding hydrogens is 338 g/mol. The van der Waals surface area contributed by atoms with Gasteiger partial charge < -0.3 is 0 Å². The fourth-order valence-corrected chi connectivity index (χ4v) is 3.66. The van der Waals surface area contributed by atoms with Crippen LogP contribution in [0.5, 0.6) is 0 Å². The highest BCUT2D eigenvalue weighted by Crippen LogP contribution is 2.24. The van der Waals surface area contributed by atoms with Crippen molar-refractivity contribution in [3.8, 4) is 22.4 Å². The zero-order valence-electron chi connectivity index (χ0n) is 17.5.